The van der Waals surface area contributed by atoms with Gasteiger partial charge in [-0.25, -0.2) is 0 Å². The van der Waals surface area contributed by atoms with Gasteiger partial charge in [0.2, 0.25) is 0 Å². The van der Waals surface area contributed by atoms with Crippen molar-refractivity contribution in [1.29, 1.82) is 0 Å². The Bertz CT molecular complexity index is 482. The summed E-state index contributed by atoms with van der Waals surface area (Å²) in [7, 11) is 0. The van der Waals surface area contributed by atoms with E-state index in [0.717, 1.165) is 18.2 Å². The average molecular weight is 274 g/mol. The van der Waals surface area contributed by atoms with E-state index in [9.17, 15) is 18.0 Å². The summed E-state index contributed by atoms with van der Waals surface area (Å²) in [6.45, 7) is 1.36. The SMILES string of the molecule is Nc1cc(C(F)(F)F)ccc1C(=O)C1CNCCO1. The van der Waals surface area contributed by atoms with E-state index in [-0.39, 0.29) is 11.3 Å². The molecule has 0 aromatic heterocycles. The summed E-state index contributed by atoms with van der Waals surface area (Å²) in [5.74, 6) is -0.404. The summed E-state index contributed by atoms with van der Waals surface area (Å²) in [4.78, 5) is 12.1. The maximum Gasteiger partial charge on any atom is 0.416 e. The Morgan fingerprint density at radius 2 is 2.16 bits per heavy atom. The van der Waals surface area contributed by atoms with Crippen molar-refractivity contribution < 1.29 is 22.7 Å². The van der Waals surface area contributed by atoms with Crippen molar-refractivity contribution in [3.8, 4) is 0 Å². The number of morpholine rings is 1. The maximum atomic E-state index is 12.5. The third kappa shape index (κ3) is 3.05. The summed E-state index contributed by atoms with van der Waals surface area (Å²) in [6.07, 6.45) is -5.17. The fourth-order valence-corrected chi connectivity index (χ4v) is 1.87. The summed E-state index contributed by atoms with van der Waals surface area (Å²) in [5, 5.41) is 2.97. The van der Waals surface area contributed by atoms with Crippen LogP contribution in [0.5, 0.6) is 0 Å². The van der Waals surface area contributed by atoms with Crippen molar-refractivity contribution in [3.05, 3.63) is 29.3 Å². The molecule has 0 radical (unpaired) electrons. The van der Waals surface area contributed by atoms with E-state index in [2.05, 4.69) is 5.32 Å². The Hall–Kier alpha value is -1.60. The van der Waals surface area contributed by atoms with Gasteiger partial charge in [-0.05, 0) is 18.2 Å². The van der Waals surface area contributed by atoms with Crippen LogP contribution in [0.25, 0.3) is 0 Å². The number of alkyl halides is 3. The van der Waals surface area contributed by atoms with E-state index in [1.165, 1.54) is 0 Å². The molecule has 1 aliphatic rings. The van der Waals surface area contributed by atoms with Crippen molar-refractivity contribution in [2.24, 2.45) is 0 Å². The lowest BCUT2D eigenvalue weighted by Gasteiger charge is -2.23. The number of halogens is 3. The summed E-state index contributed by atoms with van der Waals surface area (Å²) < 4.78 is 42.7. The molecule has 0 aliphatic carbocycles. The molecule has 0 amide bonds. The van der Waals surface area contributed by atoms with Gasteiger partial charge in [0.05, 0.1) is 12.2 Å². The molecule has 2 rings (SSSR count). The monoisotopic (exact) mass is 274 g/mol. The molecule has 3 N–H and O–H groups in total. The number of carbonyl (C=O) groups excluding carboxylic acids is 1. The number of anilines is 1. The van der Waals surface area contributed by atoms with E-state index >= 15 is 0 Å². The van der Waals surface area contributed by atoms with Crippen LogP contribution in [0.3, 0.4) is 0 Å². The first kappa shape index (κ1) is 13.8. The van der Waals surface area contributed by atoms with Gasteiger partial charge in [-0.2, -0.15) is 13.2 Å². The number of carbonyl (C=O) groups is 1. The number of rotatable bonds is 2. The largest absolute Gasteiger partial charge is 0.416 e. The molecular weight excluding hydrogens is 261 g/mol. The van der Waals surface area contributed by atoms with E-state index in [1.54, 1.807) is 0 Å². The second-order valence-corrected chi connectivity index (χ2v) is 4.23. The topological polar surface area (TPSA) is 64.4 Å². The zero-order chi connectivity index (χ0) is 14.0. The summed E-state index contributed by atoms with van der Waals surface area (Å²) >= 11 is 0. The molecule has 1 unspecified atom stereocenters. The van der Waals surface area contributed by atoms with Gasteiger partial charge >= 0.3 is 6.18 Å². The predicted octanol–water partition coefficient (Wildman–Crippen LogP) is 1.46. The number of nitrogens with two attached hydrogens (primary N) is 1. The standard InChI is InChI=1S/C12H13F3N2O2/c13-12(14,15)7-1-2-8(9(16)5-7)11(18)10-6-17-3-4-19-10/h1-2,5,10,17H,3-4,6,16H2. The molecule has 1 aromatic rings. The van der Waals surface area contributed by atoms with Crippen molar-refractivity contribution in [2.75, 3.05) is 25.4 Å². The number of nitrogen functional groups attached to an aromatic ring is 1. The van der Waals surface area contributed by atoms with Gasteiger partial charge < -0.3 is 15.8 Å². The van der Waals surface area contributed by atoms with Crippen LogP contribution in [-0.2, 0) is 10.9 Å². The zero-order valence-electron chi connectivity index (χ0n) is 9.96. The molecule has 1 fully saturated rings. The Kier molecular flexibility index (Phi) is 3.77. The van der Waals surface area contributed by atoms with Crippen LogP contribution in [0.1, 0.15) is 15.9 Å². The molecule has 104 valence electrons. The molecule has 1 saturated heterocycles. The number of benzene rings is 1. The highest BCUT2D eigenvalue weighted by atomic mass is 19.4. The molecule has 0 saturated carbocycles. The maximum absolute atomic E-state index is 12.5. The Morgan fingerprint density at radius 3 is 2.68 bits per heavy atom. The lowest BCUT2D eigenvalue weighted by Crippen LogP contribution is -2.43. The van der Waals surface area contributed by atoms with Crippen molar-refractivity contribution in [1.82, 2.24) is 5.32 Å². The fraction of sp³-hybridized carbons (Fsp3) is 0.417. The van der Waals surface area contributed by atoms with Crippen LogP contribution in [0.4, 0.5) is 18.9 Å². The van der Waals surface area contributed by atoms with Gasteiger partial charge in [0.1, 0.15) is 6.10 Å². The third-order valence-electron chi connectivity index (χ3n) is 2.86. The van der Waals surface area contributed by atoms with Gasteiger partial charge in [-0.15, -0.1) is 0 Å². The molecule has 1 aliphatic heterocycles. The van der Waals surface area contributed by atoms with E-state index in [4.69, 9.17) is 10.5 Å². The van der Waals surface area contributed by atoms with E-state index in [1.807, 2.05) is 0 Å². The Morgan fingerprint density at radius 1 is 1.42 bits per heavy atom. The van der Waals surface area contributed by atoms with Gasteiger partial charge in [-0.3, -0.25) is 4.79 Å². The average Bonchev–Trinajstić information content (AvgIpc) is 2.38. The summed E-state index contributed by atoms with van der Waals surface area (Å²) in [6, 6.07) is 2.71. The molecule has 1 heterocycles. The van der Waals surface area contributed by atoms with E-state index in [0.29, 0.717) is 19.7 Å². The van der Waals surface area contributed by atoms with Crippen LogP contribution < -0.4 is 11.1 Å². The molecule has 19 heavy (non-hydrogen) atoms. The van der Waals surface area contributed by atoms with Gasteiger partial charge in [0.15, 0.2) is 5.78 Å². The minimum absolute atomic E-state index is 0.0571. The minimum atomic E-state index is -4.47. The number of nitrogens with one attached hydrogen (secondary N) is 1. The molecule has 0 spiro atoms. The molecule has 1 aromatic carbocycles. The normalized spacial score (nSPS) is 20.3. The number of Topliss-reactive ketones (excluding diaryl/α,β-unsaturated/α-hetero) is 1. The van der Waals surface area contributed by atoms with Crippen LogP contribution in [-0.4, -0.2) is 31.6 Å². The van der Waals surface area contributed by atoms with Crippen molar-refractivity contribution in [2.45, 2.75) is 12.3 Å². The van der Waals surface area contributed by atoms with Crippen molar-refractivity contribution >= 4 is 11.5 Å². The quantitative estimate of drug-likeness (QED) is 0.633. The minimum Gasteiger partial charge on any atom is -0.398 e. The fourth-order valence-electron chi connectivity index (χ4n) is 1.87. The second kappa shape index (κ2) is 5.18. The highest BCUT2D eigenvalue weighted by Crippen LogP contribution is 2.31. The highest BCUT2D eigenvalue weighted by Gasteiger charge is 2.32. The Labute approximate surface area is 107 Å². The van der Waals surface area contributed by atoms with Crippen LogP contribution >= 0.6 is 0 Å². The zero-order valence-corrected chi connectivity index (χ0v) is 9.96. The first-order chi connectivity index (χ1) is 8.89. The van der Waals surface area contributed by atoms with Gasteiger partial charge in [-0.1, -0.05) is 0 Å². The highest BCUT2D eigenvalue weighted by molar-refractivity contribution is 6.04. The molecule has 7 heteroatoms. The number of ketones is 1. The first-order valence-electron chi connectivity index (χ1n) is 5.73. The summed E-state index contributed by atoms with van der Waals surface area (Å²) in [5.41, 5.74) is 4.53. The van der Waals surface area contributed by atoms with Crippen molar-refractivity contribution in [3.63, 3.8) is 0 Å². The van der Waals surface area contributed by atoms with E-state index < -0.39 is 23.6 Å². The first-order valence-corrected chi connectivity index (χ1v) is 5.73. The number of ether oxygens (including phenoxy) is 1. The third-order valence-corrected chi connectivity index (χ3v) is 2.86. The molecular formula is C12H13F3N2O2. The number of hydrogen-bond acceptors (Lipinski definition) is 4. The smallest absolute Gasteiger partial charge is 0.398 e. The van der Waals surface area contributed by atoms with Crippen LogP contribution in [0.2, 0.25) is 0 Å². The lowest BCUT2D eigenvalue weighted by molar-refractivity contribution is -0.137. The number of hydrogen-bond donors (Lipinski definition) is 2. The second-order valence-electron chi connectivity index (χ2n) is 4.23. The van der Waals surface area contributed by atoms with Crippen LogP contribution in [0.15, 0.2) is 18.2 Å². The van der Waals surface area contributed by atoms with Crippen LogP contribution in [0, 0.1) is 0 Å². The van der Waals surface area contributed by atoms with Gasteiger partial charge in [0.25, 0.3) is 0 Å². The Balaban J connectivity index is 2.23. The molecule has 4 nitrogen and oxygen atoms in total. The predicted molar refractivity (Wildman–Crippen MR) is 62.8 cm³/mol. The molecule has 0 bridgehead atoms. The van der Waals surface area contributed by atoms with Gasteiger partial charge in [0, 0.05) is 24.3 Å². The lowest BCUT2D eigenvalue weighted by atomic mass is 10.0. The molecule has 1 atom stereocenters.